The Labute approximate surface area is 426 Å². The highest BCUT2D eigenvalue weighted by molar-refractivity contribution is 5.86. The van der Waals surface area contributed by atoms with Crippen LogP contribution in [-0.4, -0.2) is 219 Å². The molecule has 3 amide bonds. The van der Waals surface area contributed by atoms with Gasteiger partial charge in [0.25, 0.3) is 0 Å². The highest BCUT2D eigenvalue weighted by Crippen LogP contribution is 2.32. The molecule has 1 aliphatic rings. The maximum Gasteiger partial charge on any atom is 0.303 e. The summed E-state index contributed by atoms with van der Waals surface area (Å²) in [6.07, 6.45) is -1.25. The normalized spacial score (nSPS) is 16.8. The molecule has 73 heavy (non-hydrogen) atoms. The van der Waals surface area contributed by atoms with E-state index in [1.807, 2.05) is 24.3 Å². The lowest BCUT2D eigenvalue weighted by Crippen LogP contribution is -2.54. The van der Waals surface area contributed by atoms with Gasteiger partial charge in [0.1, 0.15) is 18.0 Å². The molecule has 0 aromatic heterocycles. The van der Waals surface area contributed by atoms with Crippen LogP contribution in [0.15, 0.2) is 48.5 Å². The number of nitrogens with zero attached hydrogens (tertiary/aromatic N) is 1. The van der Waals surface area contributed by atoms with E-state index in [0.29, 0.717) is 6.42 Å². The molecule has 0 aliphatic heterocycles. The van der Waals surface area contributed by atoms with Gasteiger partial charge in [-0.2, -0.15) is 0 Å². The molecule has 23 nitrogen and oxygen atoms in total. The van der Waals surface area contributed by atoms with Gasteiger partial charge in [0.2, 0.25) is 17.7 Å². The van der Waals surface area contributed by atoms with Gasteiger partial charge in [-0.3, -0.25) is 33.7 Å². The first-order valence-corrected chi connectivity index (χ1v) is 24.5. The van der Waals surface area contributed by atoms with Crippen molar-refractivity contribution in [3.8, 4) is 16.9 Å². The van der Waals surface area contributed by atoms with Gasteiger partial charge in [0, 0.05) is 52.7 Å². The van der Waals surface area contributed by atoms with E-state index in [0.717, 1.165) is 16.7 Å². The minimum absolute atomic E-state index is 0.0488. The van der Waals surface area contributed by atoms with E-state index in [1.54, 1.807) is 24.3 Å². The standard InChI is InChI=1S/C50H76N4O19/c1-36(57)71-35-42-31-44(32-46(72-37(2)58)49(42)73-38(3)59)70-29-28-69-27-24-66-19-14-53-50(63)45(30-39-4-6-40(7-5-39)41-8-10-43(60)11-9-41)54(33-47(61)51-12-17-64-22-25-67-20-15-55)34-48(62)52-13-18-65-23-26-68-21-16-56/h4-11,42,44-46,49,55-56,60H,12-35H2,1-3H3,(H,51,61)(H,52,62)(H,53,63)/t42-,44-,45?,46-,49+/m1/s1. The van der Waals surface area contributed by atoms with Crippen LogP contribution in [0.2, 0.25) is 0 Å². The fraction of sp³-hybridized carbons (Fsp3) is 0.640. The number of aliphatic hydroxyl groups excluding tert-OH is 2. The zero-order chi connectivity index (χ0) is 53.1. The minimum atomic E-state index is -1.00. The molecule has 1 saturated carbocycles. The molecule has 0 radical (unpaired) electrons. The van der Waals surface area contributed by atoms with Crippen LogP contribution in [0.3, 0.4) is 0 Å². The lowest BCUT2D eigenvalue weighted by atomic mass is 9.82. The number of carbonyl (C=O) groups excluding carboxylic acids is 6. The van der Waals surface area contributed by atoms with Gasteiger partial charge in [-0.15, -0.1) is 0 Å². The summed E-state index contributed by atoms with van der Waals surface area (Å²) in [5, 5.41) is 36.0. The highest BCUT2D eigenvalue weighted by atomic mass is 16.6. The molecule has 0 saturated heterocycles. The smallest absolute Gasteiger partial charge is 0.303 e. The Balaban J connectivity index is 1.60. The van der Waals surface area contributed by atoms with E-state index >= 15 is 0 Å². The van der Waals surface area contributed by atoms with Gasteiger partial charge in [-0.1, -0.05) is 36.4 Å². The average molecular weight is 1040 g/mol. The van der Waals surface area contributed by atoms with Crippen LogP contribution in [-0.2, 0) is 82.6 Å². The van der Waals surface area contributed by atoms with Crippen molar-refractivity contribution in [2.75, 3.05) is 138 Å². The summed E-state index contributed by atoms with van der Waals surface area (Å²) < 4.78 is 55.0. The van der Waals surface area contributed by atoms with Gasteiger partial charge in [0.05, 0.1) is 131 Å². The molecule has 2 aromatic carbocycles. The van der Waals surface area contributed by atoms with Crippen LogP contribution < -0.4 is 16.0 Å². The van der Waals surface area contributed by atoms with Gasteiger partial charge in [-0.25, -0.2) is 0 Å². The SMILES string of the molecule is CC(=O)OC[C@H]1C[C@@H](OCCOCCOCCNC(=O)C(Cc2ccc(-c3ccc(O)cc3)cc2)N(CC(=O)NCCOCCOCCO)CC(=O)NCCOCCOCCO)C[C@@H](OC(C)=O)[C@H]1OC(C)=O. The number of phenolic OH excluding ortho intramolecular Hbond substituents is 1. The zero-order valence-electron chi connectivity index (χ0n) is 42.3. The van der Waals surface area contributed by atoms with Gasteiger partial charge in [0.15, 0.2) is 0 Å². The lowest BCUT2D eigenvalue weighted by Gasteiger charge is -2.39. The minimum Gasteiger partial charge on any atom is -0.508 e. The quantitative estimate of drug-likeness (QED) is 0.0290. The largest absolute Gasteiger partial charge is 0.508 e. The third-order valence-corrected chi connectivity index (χ3v) is 10.9. The molecule has 0 heterocycles. The number of aromatic hydroxyl groups is 1. The van der Waals surface area contributed by atoms with Crippen molar-refractivity contribution < 1.29 is 91.5 Å². The molecule has 0 bridgehead atoms. The van der Waals surface area contributed by atoms with Crippen LogP contribution >= 0.6 is 0 Å². The van der Waals surface area contributed by atoms with Crippen LogP contribution in [0.1, 0.15) is 39.2 Å². The molecular formula is C50H76N4O19. The predicted octanol–water partition coefficient (Wildman–Crippen LogP) is -0.0732. The van der Waals surface area contributed by atoms with Crippen molar-refractivity contribution in [2.45, 2.75) is 64.4 Å². The van der Waals surface area contributed by atoms with E-state index < -0.39 is 65.9 Å². The van der Waals surface area contributed by atoms with E-state index in [2.05, 4.69) is 16.0 Å². The van der Waals surface area contributed by atoms with Crippen molar-refractivity contribution in [1.29, 1.82) is 0 Å². The van der Waals surface area contributed by atoms with Crippen LogP contribution in [0, 0.1) is 5.92 Å². The molecule has 1 fully saturated rings. The molecule has 1 aliphatic carbocycles. The van der Waals surface area contributed by atoms with Gasteiger partial charge in [-0.05, 0) is 41.7 Å². The second-order valence-electron chi connectivity index (χ2n) is 16.7. The summed E-state index contributed by atoms with van der Waals surface area (Å²) in [5.74, 6) is -3.30. The molecule has 23 heteroatoms. The molecule has 410 valence electrons. The molecule has 3 rings (SSSR count). The first kappa shape index (κ1) is 62.0. The average Bonchev–Trinajstić information content (AvgIpc) is 3.35. The van der Waals surface area contributed by atoms with E-state index in [4.69, 9.17) is 57.6 Å². The Hall–Kier alpha value is -5.34. The molecule has 6 N–H and O–H groups in total. The number of aliphatic hydroxyl groups is 2. The van der Waals surface area contributed by atoms with E-state index in [-0.39, 0.29) is 157 Å². The number of nitrogens with one attached hydrogen (secondary N) is 3. The Morgan fingerprint density at radius 3 is 1.53 bits per heavy atom. The summed E-state index contributed by atoms with van der Waals surface area (Å²) in [5.41, 5.74) is 2.49. The number of ether oxygens (including phenoxy) is 10. The van der Waals surface area contributed by atoms with Gasteiger partial charge >= 0.3 is 17.9 Å². The predicted molar refractivity (Wildman–Crippen MR) is 261 cm³/mol. The van der Waals surface area contributed by atoms with Crippen molar-refractivity contribution in [3.05, 3.63) is 54.1 Å². The molecule has 0 spiro atoms. The van der Waals surface area contributed by atoms with Crippen LogP contribution in [0.25, 0.3) is 11.1 Å². The number of hydrogen-bond donors (Lipinski definition) is 6. The fourth-order valence-electron chi connectivity index (χ4n) is 7.59. The molecule has 1 unspecified atom stereocenters. The van der Waals surface area contributed by atoms with Crippen LogP contribution in [0.4, 0.5) is 0 Å². The number of esters is 3. The lowest BCUT2D eigenvalue weighted by molar-refractivity contribution is -0.187. The van der Waals surface area contributed by atoms with E-state index in [1.165, 1.54) is 25.7 Å². The monoisotopic (exact) mass is 1040 g/mol. The van der Waals surface area contributed by atoms with Gasteiger partial charge < -0.3 is 78.6 Å². The van der Waals surface area contributed by atoms with Crippen molar-refractivity contribution in [1.82, 2.24) is 20.9 Å². The van der Waals surface area contributed by atoms with Crippen molar-refractivity contribution in [2.24, 2.45) is 5.92 Å². The Morgan fingerprint density at radius 2 is 1.04 bits per heavy atom. The maximum atomic E-state index is 14.2. The maximum absolute atomic E-state index is 14.2. The van der Waals surface area contributed by atoms with Crippen molar-refractivity contribution >= 4 is 35.6 Å². The summed E-state index contributed by atoms with van der Waals surface area (Å²) >= 11 is 0. The summed E-state index contributed by atoms with van der Waals surface area (Å²) in [6.45, 7) is 5.96. The molecule has 2 aromatic rings. The Morgan fingerprint density at radius 1 is 0.575 bits per heavy atom. The second kappa shape index (κ2) is 37.4. The topological polar surface area (TPSA) is 295 Å². The summed E-state index contributed by atoms with van der Waals surface area (Å²) in [7, 11) is 0. The Kier molecular flexibility index (Phi) is 31.7. The number of benzene rings is 2. The number of amides is 3. The first-order valence-electron chi connectivity index (χ1n) is 24.5. The summed E-state index contributed by atoms with van der Waals surface area (Å²) in [6, 6.07) is 13.2. The molecular weight excluding hydrogens is 961 g/mol. The number of rotatable bonds is 39. The molecule has 5 atom stereocenters. The van der Waals surface area contributed by atoms with Crippen molar-refractivity contribution in [3.63, 3.8) is 0 Å². The summed E-state index contributed by atoms with van der Waals surface area (Å²) in [4.78, 5) is 77.7. The second-order valence-corrected chi connectivity index (χ2v) is 16.7. The third kappa shape index (κ3) is 27.5. The number of carbonyl (C=O) groups is 6. The third-order valence-electron chi connectivity index (χ3n) is 10.9. The van der Waals surface area contributed by atoms with E-state index in [9.17, 15) is 33.9 Å². The fourth-order valence-corrected chi connectivity index (χ4v) is 7.59. The number of hydrogen-bond acceptors (Lipinski definition) is 20. The van der Waals surface area contributed by atoms with Crippen LogP contribution in [0.5, 0.6) is 5.75 Å². The highest BCUT2D eigenvalue weighted by Gasteiger charge is 2.43. The number of phenols is 1. The zero-order valence-corrected chi connectivity index (χ0v) is 42.3. The Bertz CT molecular complexity index is 1860. The first-order chi connectivity index (χ1) is 35.3.